The van der Waals surface area contributed by atoms with E-state index in [1.165, 1.54) is 25.9 Å². The fourth-order valence-corrected chi connectivity index (χ4v) is 2.68. The Labute approximate surface area is 82.9 Å². The number of rotatable bonds is 1. The molecule has 2 N–H and O–H groups in total. The molecule has 5 heteroatoms. The molecule has 0 aliphatic carbocycles. The second-order valence-electron chi connectivity index (χ2n) is 4.29. The van der Waals surface area contributed by atoms with Crippen LogP contribution in [0, 0.1) is 5.92 Å². The lowest BCUT2D eigenvalue weighted by atomic mass is 9.84. The first-order valence-electron chi connectivity index (χ1n) is 5.22. The molecule has 2 bridgehead atoms. The van der Waals surface area contributed by atoms with Crippen molar-refractivity contribution in [3.05, 3.63) is 6.33 Å². The molecule has 1 aromatic heterocycles. The van der Waals surface area contributed by atoms with Crippen molar-refractivity contribution in [2.45, 2.75) is 18.9 Å². The van der Waals surface area contributed by atoms with E-state index < -0.39 is 0 Å². The van der Waals surface area contributed by atoms with Crippen molar-refractivity contribution in [1.82, 2.24) is 19.7 Å². The molecule has 76 valence electrons. The second kappa shape index (κ2) is 2.95. The highest BCUT2D eigenvalue weighted by molar-refractivity contribution is 5.10. The molecule has 1 atom stereocenters. The molecule has 3 aliphatic heterocycles. The molecule has 1 aromatic rings. The van der Waals surface area contributed by atoms with Crippen LogP contribution in [-0.2, 0) is 0 Å². The molecule has 4 rings (SSSR count). The van der Waals surface area contributed by atoms with Crippen LogP contribution in [0.5, 0.6) is 0 Å². The van der Waals surface area contributed by atoms with E-state index in [2.05, 4.69) is 15.0 Å². The smallest absolute Gasteiger partial charge is 0.239 e. The number of fused-ring (bicyclic) bond motifs is 3. The number of anilines is 1. The Morgan fingerprint density at radius 2 is 2.14 bits per heavy atom. The van der Waals surface area contributed by atoms with E-state index in [1.807, 2.05) is 4.68 Å². The lowest BCUT2D eigenvalue weighted by Gasteiger charge is -2.44. The van der Waals surface area contributed by atoms with Crippen LogP contribution < -0.4 is 5.73 Å². The Kier molecular flexibility index (Phi) is 1.73. The first-order valence-corrected chi connectivity index (χ1v) is 5.22. The molecule has 0 radical (unpaired) electrons. The van der Waals surface area contributed by atoms with Gasteiger partial charge >= 0.3 is 0 Å². The molecule has 1 unspecified atom stereocenters. The van der Waals surface area contributed by atoms with E-state index in [1.54, 1.807) is 6.33 Å². The van der Waals surface area contributed by atoms with Crippen molar-refractivity contribution < 1.29 is 0 Å². The lowest BCUT2D eigenvalue weighted by Crippen LogP contribution is -2.48. The van der Waals surface area contributed by atoms with Crippen LogP contribution in [0.25, 0.3) is 0 Å². The van der Waals surface area contributed by atoms with Crippen molar-refractivity contribution in [1.29, 1.82) is 0 Å². The van der Waals surface area contributed by atoms with Crippen LogP contribution in [0.1, 0.15) is 18.9 Å². The third-order valence-electron chi connectivity index (χ3n) is 3.49. The molecule has 14 heavy (non-hydrogen) atoms. The molecule has 3 fully saturated rings. The number of hydrogen-bond acceptors (Lipinski definition) is 4. The minimum atomic E-state index is 0.390. The monoisotopic (exact) mass is 193 g/mol. The van der Waals surface area contributed by atoms with Crippen LogP contribution in [0.15, 0.2) is 6.33 Å². The van der Waals surface area contributed by atoms with Gasteiger partial charge in [0.2, 0.25) is 5.95 Å². The highest BCUT2D eigenvalue weighted by Gasteiger charge is 2.35. The summed E-state index contributed by atoms with van der Waals surface area (Å²) in [7, 11) is 0. The zero-order chi connectivity index (χ0) is 9.54. The molecule has 0 aromatic carbocycles. The molecular formula is C9H15N5. The van der Waals surface area contributed by atoms with Gasteiger partial charge in [-0.1, -0.05) is 0 Å². The number of hydrogen-bond donors (Lipinski definition) is 1. The maximum atomic E-state index is 5.53. The SMILES string of the molecule is Nc1ncn(C2CN3CCC2CC3)n1. The van der Waals surface area contributed by atoms with Crippen molar-refractivity contribution in [3.8, 4) is 0 Å². The molecule has 3 aliphatic rings. The van der Waals surface area contributed by atoms with E-state index in [0.717, 1.165) is 12.5 Å². The number of nitrogen functional groups attached to an aromatic ring is 1. The summed E-state index contributed by atoms with van der Waals surface area (Å²) >= 11 is 0. The van der Waals surface area contributed by atoms with E-state index >= 15 is 0 Å². The van der Waals surface area contributed by atoms with E-state index in [9.17, 15) is 0 Å². The van der Waals surface area contributed by atoms with Crippen LogP contribution in [0.2, 0.25) is 0 Å². The van der Waals surface area contributed by atoms with Crippen molar-refractivity contribution >= 4 is 5.95 Å². The van der Waals surface area contributed by atoms with Gasteiger partial charge in [0, 0.05) is 6.54 Å². The van der Waals surface area contributed by atoms with Crippen molar-refractivity contribution in [3.63, 3.8) is 0 Å². The second-order valence-corrected chi connectivity index (χ2v) is 4.29. The molecule has 3 saturated heterocycles. The van der Waals surface area contributed by atoms with Gasteiger partial charge in [-0.15, -0.1) is 5.10 Å². The summed E-state index contributed by atoms with van der Waals surface area (Å²) in [5.74, 6) is 1.17. The van der Waals surface area contributed by atoms with Gasteiger partial charge in [0.25, 0.3) is 0 Å². The minimum Gasteiger partial charge on any atom is -0.367 e. The largest absolute Gasteiger partial charge is 0.367 e. The Balaban J connectivity index is 1.85. The molecular weight excluding hydrogens is 178 g/mol. The summed E-state index contributed by atoms with van der Waals surface area (Å²) < 4.78 is 1.95. The van der Waals surface area contributed by atoms with E-state index in [0.29, 0.717) is 12.0 Å². The Hall–Kier alpha value is -1.10. The van der Waals surface area contributed by atoms with Gasteiger partial charge in [-0.2, -0.15) is 0 Å². The Morgan fingerprint density at radius 1 is 1.36 bits per heavy atom. The van der Waals surface area contributed by atoms with Gasteiger partial charge in [0.15, 0.2) is 0 Å². The summed E-state index contributed by atoms with van der Waals surface area (Å²) in [4.78, 5) is 6.49. The van der Waals surface area contributed by atoms with Gasteiger partial charge in [0.1, 0.15) is 6.33 Å². The highest BCUT2D eigenvalue weighted by atomic mass is 15.4. The molecule has 0 spiro atoms. The van der Waals surface area contributed by atoms with Gasteiger partial charge < -0.3 is 10.6 Å². The summed E-state index contributed by atoms with van der Waals surface area (Å²) in [5, 5.41) is 4.21. The molecule has 5 nitrogen and oxygen atoms in total. The first-order chi connectivity index (χ1) is 6.83. The first kappa shape index (κ1) is 8.23. The van der Waals surface area contributed by atoms with Crippen LogP contribution in [-0.4, -0.2) is 39.3 Å². The Bertz CT molecular complexity index is 326. The summed E-state index contributed by atoms with van der Waals surface area (Å²) in [6.45, 7) is 3.63. The standard InChI is InChI=1S/C9H15N5/c10-9-11-6-14(12-9)8-5-13-3-1-7(8)2-4-13/h6-8H,1-5H2,(H2,10,12). The third-order valence-corrected chi connectivity index (χ3v) is 3.49. The normalized spacial score (nSPS) is 36.1. The van der Waals surface area contributed by atoms with E-state index in [-0.39, 0.29) is 0 Å². The third kappa shape index (κ3) is 1.19. The quantitative estimate of drug-likeness (QED) is 0.688. The fraction of sp³-hybridized carbons (Fsp3) is 0.778. The van der Waals surface area contributed by atoms with Gasteiger partial charge in [-0.05, 0) is 31.8 Å². The molecule has 4 heterocycles. The average molecular weight is 193 g/mol. The highest BCUT2D eigenvalue weighted by Crippen LogP contribution is 2.34. The predicted octanol–water partition coefficient (Wildman–Crippen LogP) is 0.127. The number of nitrogens with zero attached hydrogens (tertiary/aromatic N) is 4. The summed E-state index contributed by atoms with van der Waals surface area (Å²) in [6, 6.07) is 0.502. The predicted molar refractivity (Wildman–Crippen MR) is 52.6 cm³/mol. The minimum absolute atomic E-state index is 0.390. The van der Waals surface area contributed by atoms with Gasteiger partial charge in [0.05, 0.1) is 6.04 Å². The van der Waals surface area contributed by atoms with Crippen LogP contribution >= 0.6 is 0 Å². The molecule has 0 saturated carbocycles. The fourth-order valence-electron chi connectivity index (χ4n) is 2.68. The number of nitrogens with two attached hydrogens (primary N) is 1. The molecule has 0 amide bonds. The van der Waals surface area contributed by atoms with Crippen molar-refractivity contribution in [2.24, 2.45) is 5.92 Å². The topological polar surface area (TPSA) is 60.0 Å². The number of aromatic nitrogens is 3. The lowest BCUT2D eigenvalue weighted by molar-refractivity contribution is 0.0512. The maximum Gasteiger partial charge on any atom is 0.239 e. The van der Waals surface area contributed by atoms with Gasteiger partial charge in [-0.25, -0.2) is 9.67 Å². The zero-order valence-electron chi connectivity index (χ0n) is 8.13. The van der Waals surface area contributed by atoms with Crippen molar-refractivity contribution in [2.75, 3.05) is 25.4 Å². The average Bonchev–Trinajstić information content (AvgIpc) is 2.66. The summed E-state index contributed by atoms with van der Waals surface area (Å²) in [6.07, 6.45) is 4.36. The van der Waals surface area contributed by atoms with E-state index in [4.69, 9.17) is 5.73 Å². The van der Waals surface area contributed by atoms with Crippen LogP contribution in [0.4, 0.5) is 5.95 Å². The summed E-state index contributed by atoms with van der Waals surface area (Å²) in [5.41, 5.74) is 5.53. The zero-order valence-corrected chi connectivity index (χ0v) is 8.13. The maximum absolute atomic E-state index is 5.53. The van der Waals surface area contributed by atoms with Gasteiger partial charge in [-0.3, -0.25) is 0 Å². The Morgan fingerprint density at radius 3 is 2.64 bits per heavy atom. The number of piperidine rings is 3. The van der Waals surface area contributed by atoms with Crippen LogP contribution in [0.3, 0.4) is 0 Å².